The number of aromatic amines is 1. The van der Waals surface area contributed by atoms with E-state index in [2.05, 4.69) is 51.7 Å². The number of aromatic nitrogens is 4. The number of aliphatic hydroxyl groups excluding tert-OH is 1. The number of nitrogens with one attached hydrogen (secondary N) is 6. The standard InChI is InChI=1S/C44H57N3O15.C34H40N10O12S/c1-9-44(55)18-30(35-24(37(44)43(54)56-8)15-25-36(40(35)53)39(52)34-23(38(25)51)11-10-12-28(34)49)60-32-16-27(47(6)7)41(20(3)58-32)62-33-17-29(50)42(21(4)59-33)61-31-14-13-26(19(2)57-31)46-45-22(5)48;1-2-11-44-25(47)12-22(30(44)50)57-15-21(33(55)56)40-24(46)9-7-19(31(51)52)39-23(45)10-8-20(32(53)54)41-28(48)16-3-5-17(6-4-16)36-13-18-14-37-27-26(38-18)29(49)43-34(35)42-27/h10-12,15,19-21,27,29-33,37,41-42,49-50,53,55H,9,13-14,16-18H2,1-8H3,(H,45,48);3-6,14,19-22,36H,2,7-13,15H2,1H3,(H,39,45)(H,40,46)(H,41,48)(H,51,52)(H,53,54)(H,55,56)(H3,35,37,42,43,49)/b46-26-;/t19?,20?,21?,27-,29-,30+,31+,32+,33+,37+,41?,42-,44-;/m1./s1. The predicted molar refractivity (Wildman–Crippen MR) is 418 cm³/mol. The van der Waals surface area contributed by atoms with Crippen LogP contribution in [0, 0.1) is 0 Å². The second-order valence-electron chi connectivity index (χ2n) is 29.8. The summed E-state index contributed by atoms with van der Waals surface area (Å²) in [6.07, 6.45) is -6.23. The fourth-order valence-electron chi connectivity index (χ4n) is 15.0. The normalized spacial score (nSPS) is 25.7. The number of nitrogen functional groups attached to an aromatic ring is 1. The van der Waals surface area contributed by atoms with Crippen LogP contribution in [0.1, 0.15) is 190 Å². The highest BCUT2D eigenvalue weighted by Crippen LogP contribution is 2.54. The van der Waals surface area contributed by atoms with Crippen LogP contribution in [0.4, 0.5) is 11.6 Å². The largest absolute Gasteiger partial charge is 0.507 e. The van der Waals surface area contributed by atoms with Crippen molar-refractivity contribution in [2.75, 3.05) is 44.6 Å². The molecule has 5 aromatic rings. The molecular weight excluding hydrogens is 1580 g/mol. The number of thioether (sulfide) groups is 1. The number of esters is 1. The number of benzene rings is 3. The van der Waals surface area contributed by atoms with Crippen LogP contribution >= 0.6 is 11.8 Å². The van der Waals surface area contributed by atoms with Gasteiger partial charge in [-0.3, -0.25) is 57.8 Å². The summed E-state index contributed by atoms with van der Waals surface area (Å²) in [7, 11) is 4.92. The maximum atomic E-state index is 14.0. The highest BCUT2D eigenvalue weighted by Gasteiger charge is 2.54. The van der Waals surface area contributed by atoms with Gasteiger partial charge in [-0.2, -0.15) is 10.1 Å². The number of hydrogen-bond donors (Lipinski definition) is 14. The van der Waals surface area contributed by atoms with E-state index >= 15 is 0 Å². The molecule has 4 saturated heterocycles. The number of aromatic hydroxyl groups is 2. The fourth-order valence-corrected chi connectivity index (χ4v) is 16.2. The first-order valence-corrected chi connectivity index (χ1v) is 39.6. The van der Waals surface area contributed by atoms with Crippen molar-refractivity contribution in [3.8, 4) is 11.5 Å². The Hall–Kier alpha value is -11.0. The third-order valence-electron chi connectivity index (χ3n) is 21.2. The summed E-state index contributed by atoms with van der Waals surface area (Å²) in [5.41, 5.74) is 6.70. The van der Waals surface area contributed by atoms with E-state index in [-0.39, 0.29) is 125 Å². The molecule has 6 amide bonds. The molecule has 0 bridgehead atoms. The summed E-state index contributed by atoms with van der Waals surface area (Å²) in [6, 6.07) is 6.42. The van der Waals surface area contributed by atoms with Crippen LogP contribution in [0.15, 0.2) is 64.6 Å². The van der Waals surface area contributed by atoms with Crippen molar-refractivity contribution in [2.45, 2.75) is 228 Å². The lowest BCUT2D eigenvalue weighted by atomic mass is 9.67. The van der Waals surface area contributed by atoms with E-state index in [0.717, 1.165) is 16.7 Å². The van der Waals surface area contributed by atoms with Gasteiger partial charge in [0.15, 0.2) is 35.8 Å². The number of ether oxygens (including phenoxy) is 7. The number of nitrogens with zero attached hydrogens (tertiary/aromatic N) is 6. The summed E-state index contributed by atoms with van der Waals surface area (Å²) in [5.74, 6) is -12.9. The van der Waals surface area contributed by atoms with Gasteiger partial charge in [0, 0.05) is 98.2 Å². The minimum atomic E-state index is -1.76. The molecular formula is C78H97N13O27S. The lowest BCUT2D eigenvalue weighted by molar-refractivity contribution is -0.324. The number of ketones is 2. The summed E-state index contributed by atoms with van der Waals surface area (Å²) < 4.78 is 43.2. The van der Waals surface area contributed by atoms with E-state index in [1.54, 1.807) is 20.8 Å². The number of phenolic OH excluding ortho intramolecular Hbond substituents is 2. The maximum absolute atomic E-state index is 14.0. The van der Waals surface area contributed by atoms with E-state index in [4.69, 9.17) is 38.9 Å². The van der Waals surface area contributed by atoms with Crippen LogP contribution in [0.2, 0.25) is 0 Å². The third kappa shape index (κ3) is 21.4. The molecule has 0 radical (unpaired) electrons. The van der Waals surface area contributed by atoms with E-state index < -0.39 is 198 Å². The third-order valence-corrected chi connectivity index (χ3v) is 22.5. The number of phenols is 2. The van der Waals surface area contributed by atoms with E-state index in [0.29, 0.717) is 36.4 Å². The lowest BCUT2D eigenvalue weighted by Gasteiger charge is -2.48. The Kier molecular flexibility index (Phi) is 29.8. The van der Waals surface area contributed by atoms with Crippen LogP contribution in [0.3, 0.4) is 0 Å². The number of H-pyrrole nitrogens is 1. The smallest absolute Gasteiger partial charge is 0.327 e. The molecule has 40 nitrogen and oxygen atoms in total. The first-order chi connectivity index (χ1) is 56.4. The minimum absolute atomic E-state index is 0.00207. The van der Waals surface area contributed by atoms with Gasteiger partial charge in [0.1, 0.15) is 47.8 Å². The number of rotatable bonds is 31. The van der Waals surface area contributed by atoms with E-state index in [1.165, 1.54) is 68.8 Å². The zero-order chi connectivity index (χ0) is 86.8. The average Bonchev–Trinajstić information content (AvgIpc) is 0.869. The van der Waals surface area contributed by atoms with Crippen molar-refractivity contribution >= 4 is 111 Å². The Bertz CT molecular complexity index is 4790. The summed E-state index contributed by atoms with van der Waals surface area (Å²) in [6.45, 7) is 10.7. The molecule has 41 heteroatoms. The zero-order valence-corrected chi connectivity index (χ0v) is 67.3. The van der Waals surface area contributed by atoms with Gasteiger partial charge in [-0.25, -0.2) is 29.8 Å². The van der Waals surface area contributed by atoms with Gasteiger partial charge >= 0.3 is 23.9 Å². The fraction of sp³-hybridized carbons (Fsp3) is 0.526. The molecule has 6 aliphatic rings. The lowest BCUT2D eigenvalue weighted by Crippen LogP contribution is -2.58. The van der Waals surface area contributed by atoms with Crippen molar-refractivity contribution in [1.82, 2.24) is 51.1 Å². The van der Waals surface area contributed by atoms with Gasteiger partial charge in [-0.15, -0.1) is 11.8 Å². The monoisotopic (exact) mass is 1680 g/mol. The Morgan fingerprint density at radius 2 is 1.44 bits per heavy atom. The molecule has 8 unspecified atom stereocenters. The number of aliphatic carboxylic acids is 3. The SMILES string of the molecule is CCCN1C(=O)CC(SCC(NC(=O)CCC(NC(=O)CCC(NC(=O)c2ccc(NCc3cnc4nc(N)[nH]c(=O)c4n3)cc2)C(=O)O)C(=O)O)C(=O)O)C1=O.CC[C@@]1(O)C[C@H](O[C@H]2C[C@@H](N(C)C)C(O[C@H]3C[C@@H](O)[C@H](O[C@H]4CC/C(=N/NC(C)=O)C(C)O4)C(C)O3)C(C)O2)c2c(cc3c(c2O)C(=O)c2c(O)cccc2C3=O)[C@H]1C(=O)OC. The molecule has 6 heterocycles. The number of nitrogens with two attached hydrogens (primary N) is 1. The van der Waals surface area contributed by atoms with Crippen LogP contribution in [-0.4, -0.2) is 266 Å². The molecule has 11 rings (SSSR count). The molecule has 15 N–H and O–H groups in total. The van der Waals surface area contributed by atoms with Gasteiger partial charge in [0.25, 0.3) is 11.5 Å². The zero-order valence-electron chi connectivity index (χ0n) is 66.5. The Balaban J connectivity index is 0.000000251. The van der Waals surface area contributed by atoms with Crippen molar-refractivity contribution in [3.63, 3.8) is 0 Å². The van der Waals surface area contributed by atoms with Crippen LogP contribution in [0.25, 0.3) is 11.2 Å². The van der Waals surface area contributed by atoms with Gasteiger partial charge in [-0.1, -0.05) is 26.0 Å². The molecule has 0 spiro atoms. The number of amides is 6. The second-order valence-corrected chi connectivity index (χ2v) is 31.0. The molecule has 642 valence electrons. The summed E-state index contributed by atoms with van der Waals surface area (Å²) in [5, 5.41) is 88.1. The van der Waals surface area contributed by atoms with Crippen molar-refractivity contribution in [1.29, 1.82) is 0 Å². The summed E-state index contributed by atoms with van der Waals surface area (Å²) >= 11 is 0.911. The van der Waals surface area contributed by atoms with E-state index in [9.17, 15) is 98.1 Å². The quantitative estimate of drug-likeness (QED) is 0.0168. The molecule has 2 aromatic heterocycles. The number of carbonyl (C=O) groups is 12. The topological polar surface area (TPSA) is 588 Å². The average molecular weight is 1680 g/mol. The predicted octanol–water partition coefficient (Wildman–Crippen LogP) is 2.14. The van der Waals surface area contributed by atoms with Crippen molar-refractivity contribution in [3.05, 3.63) is 110 Å². The number of anilines is 2. The number of likely N-dealkylation sites (N-methyl/N-ethyl adjacent to an activating group) is 1. The number of likely N-dealkylation sites (tertiary alicyclic amines) is 1. The first kappa shape index (κ1) is 90.3. The van der Waals surface area contributed by atoms with Crippen LogP contribution < -0.4 is 38.0 Å². The number of fused-ring (bicyclic) bond motifs is 4. The Morgan fingerprint density at radius 3 is 2.05 bits per heavy atom. The number of hydrogen-bond acceptors (Lipinski definition) is 32. The Labute approximate surface area is 684 Å². The van der Waals surface area contributed by atoms with Crippen molar-refractivity contribution < 1.29 is 126 Å². The number of carboxylic acids is 3. The number of aliphatic hydroxyl groups is 2. The number of imide groups is 1. The minimum Gasteiger partial charge on any atom is -0.507 e. The van der Waals surface area contributed by atoms with Crippen LogP contribution in [0.5, 0.6) is 11.5 Å². The molecule has 4 aliphatic heterocycles. The molecule has 2 aliphatic carbocycles. The Morgan fingerprint density at radius 1 is 0.798 bits per heavy atom. The molecule has 3 aromatic carbocycles. The first-order valence-electron chi connectivity index (χ1n) is 38.5. The molecule has 4 fully saturated rings. The maximum Gasteiger partial charge on any atom is 0.327 e. The highest BCUT2D eigenvalue weighted by atomic mass is 32.2. The highest BCUT2D eigenvalue weighted by molar-refractivity contribution is 8.00. The summed E-state index contributed by atoms with van der Waals surface area (Å²) in [4.78, 5) is 180. The number of carboxylic acid groups (broad SMARTS) is 3. The number of hydrazone groups is 1. The number of carbonyl (C=O) groups excluding carboxylic acids is 9. The molecule has 119 heavy (non-hydrogen) atoms. The van der Waals surface area contributed by atoms with Gasteiger partial charge < -0.3 is 101 Å². The van der Waals surface area contributed by atoms with Crippen molar-refractivity contribution in [2.24, 2.45) is 5.10 Å². The number of methoxy groups -OCH3 is 1. The van der Waals surface area contributed by atoms with Crippen LogP contribution in [-0.2, 0) is 82.9 Å². The molecule has 17 atom stereocenters. The second kappa shape index (κ2) is 39.2. The van der Waals surface area contributed by atoms with E-state index in [1.807, 2.05) is 32.8 Å². The van der Waals surface area contributed by atoms with Gasteiger partial charge in [0.2, 0.25) is 41.3 Å². The van der Waals surface area contributed by atoms with Gasteiger partial charge in [-0.05, 0) is 109 Å². The molecule has 0 saturated carbocycles. The van der Waals surface area contributed by atoms with Gasteiger partial charge in [0.05, 0.1) is 83.8 Å².